The molecular weight excluding hydrogens is 771 g/mol. The standard InChI is InChI=1S/C43H47N9O8/c53-35(31-22-46-37(20-33(31)47-29-7-8-29)49-36-10-6-28-21-44-13-12-32(28)48-36)19-26-23-51(24-26)25-39(55)45-14-16-60-18-17-59-15-2-4-27-3-1-5-30-40(27)43(58)52(42(30)57)34-9-11-38(54)50-41(34)56/h1,3,5-6,10,12-13,20-22,26,29,34H,2,4,7-9,11,14-19,23-25H2,(H,45,55)(H,50,54,56)(H2,46,47,48,49). The zero-order chi connectivity index (χ0) is 41.6. The lowest BCUT2D eigenvalue weighted by Gasteiger charge is -2.38. The molecule has 3 fully saturated rings. The predicted octanol–water partition coefficient (Wildman–Crippen LogP) is 3.03. The van der Waals surface area contributed by atoms with E-state index in [0.29, 0.717) is 99.7 Å². The number of amides is 5. The Hall–Kier alpha value is -6.17. The van der Waals surface area contributed by atoms with Gasteiger partial charge >= 0.3 is 0 Å². The van der Waals surface area contributed by atoms with Gasteiger partial charge in [0.1, 0.15) is 17.7 Å². The number of anilines is 3. The molecule has 6 heterocycles. The number of benzene rings is 1. The number of piperidine rings is 1. The number of hydrogen-bond acceptors (Lipinski definition) is 14. The van der Waals surface area contributed by atoms with Gasteiger partial charge in [0.05, 0.1) is 54.3 Å². The van der Waals surface area contributed by atoms with Gasteiger partial charge in [0.25, 0.3) is 11.8 Å². The van der Waals surface area contributed by atoms with Crippen LogP contribution in [0.3, 0.4) is 0 Å². The van der Waals surface area contributed by atoms with Gasteiger partial charge in [0.15, 0.2) is 5.78 Å². The number of pyridine rings is 3. The van der Waals surface area contributed by atoms with Crippen molar-refractivity contribution in [2.75, 3.05) is 63.2 Å². The molecule has 5 amide bonds. The summed E-state index contributed by atoms with van der Waals surface area (Å²) in [4.78, 5) is 92.5. The van der Waals surface area contributed by atoms with Gasteiger partial charge in [-0.05, 0) is 67.9 Å². The van der Waals surface area contributed by atoms with Crippen LogP contribution in [0.1, 0.15) is 75.2 Å². The van der Waals surface area contributed by atoms with Crippen molar-refractivity contribution in [2.45, 2.75) is 57.0 Å². The third kappa shape index (κ3) is 9.65. The molecule has 4 N–H and O–H groups in total. The van der Waals surface area contributed by atoms with E-state index in [9.17, 15) is 28.8 Å². The molecule has 0 bridgehead atoms. The number of aryl methyl sites for hydroxylation is 1. The van der Waals surface area contributed by atoms with E-state index in [0.717, 1.165) is 34.3 Å². The Kier molecular flexibility index (Phi) is 12.4. The molecule has 17 heteroatoms. The number of nitrogens with one attached hydrogen (secondary N) is 4. The van der Waals surface area contributed by atoms with Gasteiger partial charge in [0.2, 0.25) is 17.7 Å². The van der Waals surface area contributed by atoms with Crippen molar-refractivity contribution < 1.29 is 38.2 Å². The van der Waals surface area contributed by atoms with Crippen LogP contribution < -0.4 is 21.3 Å². The second kappa shape index (κ2) is 18.4. The zero-order valence-electron chi connectivity index (χ0n) is 33.1. The zero-order valence-corrected chi connectivity index (χ0v) is 33.1. The van der Waals surface area contributed by atoms with Crippen LogP contribution in [-0.2, 0) is 30.3 Å². The SMILES string of the molecule is O=C(CN1CC(CC(=O)c2cnc(Nc3ccc4cnccc4n3)cc2NC2CC2)C1)NCCOCCOCCCc1cccc2c1C(=O)N(C1CCC(=O)NC1=O)C2=O. The second-order valence-electron chi connectivity index (χ2n) is 15.6. The Morgan fingerprint density at radius 3 is 2.55 bits per heavy atom. The number of carbonyl (C=O) groups is 6. The summed E-state index contributed by atoms with van der Waals surface area (Å²) >= 11 is 0. The first-order chi connectivity index (χ1) is 29.2. The first-order valence-corrected chi connectivity index (χ1v) is 20.5. The fourth-order valence-electron chi connectivity index (χ4n) is 7.79. The van der Waals surface area contributed by atoms with Crippen molar-refractivity contribution in [3.8, 4) is 0 Å². The van der Waals surface area contributed by atoms with Crippen molar-refractivity contribution in [2.24, 2.45) is 5.92 Å². The van der Waals surface area contributed by atoms with Crippen LogP contribution in [0, 0.1) is 5.92 Å². The Bertz CT molecular complexity index is 2310. The number of ether oxygens (including phenoxy) is 2. The number of likely N-dealkylation sites (tertiary alicyclic amines) is 1. The van der Waals surface area contributed by atoms with E-state index in [1.54, 1.807) is 36.8 Å². The maximum atomic E-state index is 13.4. The lowest BCUT2D eigenvalue weighted by molar-refractivity contribution is -0.136. The largest absolute Gasteiger partial charge is 0.382 e. The third-order valence-corrected chi connectivity index (χ3v) is 11.0. The summed E-state index contributed by atoms with van der Waals surface area (Å²) in [5, 5.41) is 12.8. The van der Waals surface area contributed by atoms with Gasteiger partial charge in [-0.25, -0.2) is 9.97 Å². The lowest BCUT2D eigenvalue weighted by Crippen LogP contribution is -2.54. The highest BCUT2D eigenvalue weighted by Gasteiger charge is 2.45. The molecule has 312 valence electrons. The molecule has 60 heavy (non-hydrogen) atoms. The number of ketones is 1. The normalized spacial score (nSPS) is 18.0. The Labute approximate surface area is 346 Å². The highest BCUT2D eigenvalue weighted by Crippen LogP contribution is 2.32. The molecule has 4 aliphatic rings. The molecule has 1 saturated carbocycles. The predicted molar refractivity (Wildman–Crippen MR) is 219 cm³/mol. The molecule has 2 saturated heterocycles. The van der Waals surface area contributed by atoms with E-state index in [4.69, 9.17) is 9.47 Å². The highest BCUT2D eigenvalue weighted by molar-refractivity contribution is 6.24. The second-order valence-corrected chi connectivity index (χ2v) is 15.6. The van der Waals surface area contributed by atoms with Crippen LogP contribution in [0.25, 0.3) is 10.9 Å². The number of imide groups is 2. The Morgan fingerprint density at radius 2 is 1.73 bits per heavy atom. The Morgan fingerprint density at radius 1 is 0.900 bits per heavy atom. The summed E-state index contributed by atoms with van der Waals surface area (Å²) in [6.07, 6.45) is 8.88. The molecule has 1 aliphatic carbocycles. The van der Waals surface area contributed by atoms with Crippen molar-refractivity contribution >= 4 is 63.5 Å². The monoisotopic (exact) mass is 817 g/mol. The van der Waals surface area contributed by atoms with Gasteiger partial charge in [-0.2, -0.15) is 0 Å². The number of Topliss-reactive ketones (excluding diaryl/α,β-unsaturated/α-hetero) is 1. The van der Waals surface area contributed by atoms with Crippen molar-refractivity contribution in [1.29, 1.82) is 0 Å². The lowest BCUT2D eigenvalue weighted by atomic mass is 9.91. The molecule has 8 rings (SSSR count). The number of hydrogen-bond donors (Lipinski definition) is 4. The van der Waals surface area contributed by atoms with Crippen LogP contribution in [0.2, 0.25) is 0 Å². The molecule has 3 aliphatic heterocycles. The van der Waals surface area contributed by atoms with Crippen molar-refractivity contribution in [3.63, 3.8) is 0 Å². The molecule has 4 aromatic rings. The van der Waals surface area contributed by atoms with Crippen LogP contribution in [0.5, 0.6) is 0 Å². The average molecular weight is 818 g/mol. The van der Waals surface area contributed by atoms with Gasteiger partial charge < -0.3 is 25.4 Å². The van der Waals surface area contributed by atoms with Crippen LogP contribution >= 0.6 is 0 Å². The van der Waals surface area contributed by atoms with Gasteiger partial charge in [-0.3, -0.25) is 48.9 Å². The van der Waals surface area contributed by atoms with Gasteiger partial charge in [-0.1, -0.05) is 12.1 Å². The van der Waals surface area contributed by atoms with Crippen molar-refractivity contribution in [3.05, 3.63) is 83.3 Å². The van der Waals surface area contributed by atoms with E-state index in [1.807, 2.05) is 29.2 Å². The minimum atomic E-state index is -1.00. The molecular formula is C43H47N9O8. The van der Waals surface area contributed by atoms with E-state index < -0.39 is 29.7 Å². The quantitative estimate of drug-likeness (QED) is 0.0574. The summed E-state index contributed by atoms with van der Waals surface area (Å²) < 4.78 is 11.3. The van der Waals surface area contributed by atoms with E-state index in [2.05, 4.69) is 36.2 Å². The first-order valence-electron chi connectivity index (χ1n) is 20.5. The van der Waals surface area contributed by atoms with E-state index in [1.165, 1.54) is 0 Å². The maximum absolute atomic E-state index is 13.4. The highest BCUT2D eigenvalue weighted by atomic mass is 16.5. The minimum absolute atomic E-state index is 0.0254. The third-order valence-electron chi connectivity index (χ3n) is 11.0. The number of rotatable bonds is 20. The smallest absolute Gasteiger partial charge is 0.262 e. The molecule has 17 nitrogen and oxygen atoms in total. The number of fused-ring (bicyclic) bond motifs is 2. The fourth-order valence-corrected chi connectivity index (χ4v) is 7.79. The molecule has 0 radical (unpaired) electrons. The summed E-state index contributed by atoms with van der Waals surface area (Å²) in [5.41, 5.74) is 3.43. The summed E-state index contributed by atoms with van der Waals surface area (Å²) in [5.74, 6) is -0.762. The number of carbonyl (C=O) groups excluding carboxylic acids is 6. The maximum Gasteiger partial charge on any atom is 0.262 e. The van der Waals surface area contributed by atoms with Crippen molar-refractivity contribution in [1.82, 2.24) is 35.4 Å². The van der Waals surface area contributed by atoms with E-state index >= 15 is 0 Å². The molecule has 0 spiro atoms. The number of aromatic nitrogens is 3. The average Bonchev–Trinajstić information content (AvgIpc) is 4.01. The summed E-state index contributed by atoms with van der Waals surface area (Å²) in [6, 6.07) is 12.0. The fraction of sp³-hybridized carbons (Fsp3) is 0.419. The minimum Gasteiger partial charge on any atom is -0.382 e. The molecule has 1 aromatic carbocycles. The topological polar surface area (TPSA) is 214 Å². The summed E-state index contributed by atoms with van der Waals surface area (Å²) in [7, 11) is 0. The first kappa shape index (κ1) is 40.6. The van der Waals surface area contributed by atoms with Gasteiger partial charge in [0, 0.05) is 75.2 Å². The van der Waals surface area contributed by atoms with E-state index in [-0.39, 0.29) is 42.6 Å². The molecule has 1 unspecified atom stereocenters. The molecule has 1 atom stereocenters. The van der Waals surface area contributed by atoms with Crippen LogP contribution in [0.15, 0.2) is 61.1 Å². The van der Waals surface area contributed by atoms with Gasteiger partial charge in [-0.15, -0.1) is 0 Å². The summed E-state index contributed by atoms with van der Waals surface area (Å²) in [6.45, 7) is 3.38. The van der Waals surface area contributed by atoms with Crippen LogP contribution in [0.4, 0.5) is 17.3 Å². The Balaban J connectivity index is 0.686. The number of nitrogens with zero attached hydrogens (tertiary/aromatic N) is 5. The van der Waals surface area contributed by atoms with Crippen LogP contribution in [-0.4, -0.2) is 125 Å². The molecule has 3 aromatic heterocycles.